The summed E-state index contributed by atoms with van der Waals surface area (Å²) in [6, 6.07) is 40.2. The van der Waals surface area contributed by atoms with E-state index >= 15 is 0 Å². The van der Waals surface area contributed by atoms with Crippen LogP contribution in [0.4, 0.5) is 0 Å². The summed E-state index contributed by atoms with van der Waals surface area (Å²) in [6.07, 6.45) is 3.88. The molecule has 4 aromatic carbocycles. The van der Waals surface area contributed by atoms with Gasteiger partial charge in [-0.05, 0) is 57.4 Å². The summed E-state index contributed by atoms with van der Waals surface area (Å²) < 4.78 is 12.3. The molecular weight excluding hydrogens is 829 g/mol. The van der Waals surface area contributed by atoms with Gasteiger partial charge in [0.25, 0.3) is 0 Å². The van der Waals surface area contributed by atoms with Crippen molar-refractivity contribution in [1.29, 1.82) is 0 Å². The molecule has 0 bridgehead atoms. The van der Waals surface area contributed by atoms with E-state index in [-0.39, 0.29) is 20.1 Å². The van der Waals surface area contributed by atoms with Gasteiger partial charge in [0.15, 0.2) is 0 Å². The monoisotopic (exact) mass is 872 g/mol. The molecule has 0 aliphatic carbocycles. The fourth-order valence-electron chi connectivity index (χ4n) is 5.92. The van der Waals surface area contributed by atoms with E-state index in [9.17, 15) is 0 Å². The number of rotatable bonds is 5. The number of hydrogen-bond donors (Lipinski definition) is 0. The Labute approximate surface area is 301 Å². The summed E-state index contributed by atoms with van der Waals surface area (Å²) in [6.45, 7) is 8.16. The van der Waals surface area contributed by atoms with Gasteiger partial charge in [0.05, 0.1) is 0 Å². The fraction of sp³-hybridized carbons (Fsp3) is 0.190. The largest absolute Gasteiger partial charge is 0.305 e. The molecule has 0 fully saturated rings. The van der Waals surface area contributed by atoms with Crippen LogP contribution in [0.25, 0.3) is 53.8 Å². The SMILES string of the molecule is Cc1cc(-c2[c-]cccc2)nc[c]1[Ge]([CH3])([CH3])[CH3].[2H]C(C)(C)c1ccnc(-c2[c-]ccc3c2sc2cc(-c4ccccc4C)ccc23)c1.[Ir]. The number of benzene rings is 4. The second-order valence-corrected chi connectivity index (χ2v) is 24.7. The minimum Gasteiger partial charge on any atom is -0.305 e. The molecule has 7 rings (SSSR count). The van der Waals surface area contributed by atoms with Crippen LogP contribution in [0.3, 0.4) is 0 Å². The van der Waals surface area contributed by atoms with Gasteiger partial charge in [0.2, 0.25) is 0 Å². The molecule has 0 amide bonds. The topological polar surface area (TPSA) is 25.8 Å². The van der Waals surface area contributed by atoms with Gasteiger partial charge in [-0.1, -0.05) is 67.3 Å². The molecule has 7 aromatic rings. The molecule has 0 N–H and O–H groups in total. The van der Waals surface area contributed by atoms with Crippen LogP contribution in [0.2, 0.25) is 17.3 Å². The summed E-state index contributed by atoms with van der Waals surface area (Å²) in [5.74, 6) is 6.54. The van der Waals surface area contributed by atoms with Crippen LogP contribution in [0.1, 0.15) is 37.8 Å². The standard InChI is InChI=1S/C27H22NS.C15H18GeN.Ir/c1-17(2)19-13-14-28-25(15-19)24-10-6-9-23-22-12-11-20(16-26(22)29-27(23)24)21-8-5-4-7-18(21)3;1-12-10-15(13-8-6-5-7-9-13)17-11-14(12)16(2,3)4;/h4-9,11-17H,1-3H3;5-8,10-11H,1-4H3;/q2*-1;/i17D;;. The maximum absolute atomic E-state index is 8.37. The zero-order valence-electron chi connectivity index (χ0n) is 29.0. The van der Waals surface area contributed by atoms with E-state index < -0.39 is 19.2 Å². The Bertz CT molecular complexity index is 2200. The van der Waals surface area contributed by atoms with Gasteiger partial charge in [-0.3, -0.25) is 0 Å². The number of aryl methyl sites for hydroxylation is 2. The van der Waals surface area contributed by atoms with E-state index in [1.54, 1.807) is 17.5 Å². The fourth-order valence-corrected chi connectivity index (χ4v) is 10.7. The Hall–Kier alpha value is -3.41. The number of hydrogen-bond acceptors (Lipinski definition) is 3. The molecule has 0 saturated carbocycles. The first-order chi connectivity index (χ1) is 22.4. The molecular formula is C42H40GeIrN2S-2. The first kappa shape index (κ1) is 33.5. The van der Waals surface area contributed by atoms with Gasteiger partial charge in [0.1, 0.15) is 0 Å². The molecule has 5 heteroatoms. The average Bonchev–Trinajstić information content (AvgIpc) is 3.43. The summed E-state index contributed by atoms with van der Waals surface area (Å²) >= 11 is 0.0204. The van der Waals surface area contributed by atoms with Crippen LogP contribution in [0, 0.1) is 26.0 Å². The molecule has 3 aromatic heterocycles. The van der Waals surface area contributed by atoms with Gasteiger partial charge in [0, 0.05) is 32.4 Å². The van der Waals surface area contributed by atoms with Gasteiger partial charge < -0.3 is 4.98 Å². The van der Waals surface area contributed by atoms with E-state index in [0.717, 1.165) is 28.1 Å². The smallest absolute Gasteiger partial charge is 0.0346 e. The van der Waals surface area contributed by atoms with Crippen molar-refractivity contribution in [2.24, 2.45) is 0 Å². The molecule has 3 heterocycles. The predicted molar refractivity (Wildman–Crippen MR) is 202 cm³/mol. The molecule has 47 heavy (non-hydrogen) atoms. The zero-order valence-corrected chi connectivity index (χ0v) is 33.3. The van der Waals surface area contributed by atoms with E-state index in [4.69, 9.17) is 1.37 Å². The molecule has 0 saturated heterocycles. The van der Waals surface area contributed by atoms with Gasteiger partial charge in [-0.2, -0.15) is 11.3 Å². The second kappa shape index (κ2) is 14.8. The van der Waals surface area contributed by atoms with Gasteiger partial charge in [-0.25, -0.2) is 0 Å². The number of aromatic nitrogens is 2. The Morgan fingerprint density at radius 1 is 0.766 bits per heavy atom. The molecule has 0 aliphatic rings. The minimum absolute atomic E-state index is 0. The quantitative estimate of drug-likeness (QED) is 0.127. The van der Waals surface area contributed by atoms with E-state index in [1.165, 1.54) is 46.8 Å². The van der Waals surface area contributed by atoms with Crippen LogP contribution in [-0.2, 0) is 20.1 Å². The maximum Gasteiger partial charge on any atom is 0.0346 e. The van der Waals surface area contributed by atoms with Crippen molar-refractivity contribution < 1.29 is 21.5 Å². The van der Waals surface area contributed by atoms with E-state index in [2.05, 4.69) is 120 Å². The summed E-state index contributed by atoms with van der Waals surface area (Å²) in [5.41, 5.74) is 10.1. The van der Waals surface area contributed by atoms with Crippen molar-refractivity contribution in [3.8, 4) is 33.6 Å². The van der Waals surface area contributed by atoms with Gasteiger partial charge >= 0.3 is 106 Å². The molecule has 2 nitrogen and oxygen atoms in total. The van der Waals surface area contributed by atoms with Crippen LogP contribution >= 0.6 is 11.3 Å². The minimum atomic E-state index is -1.77. The van der Waals surface area contributed by atoms with Gasteiger partial charge in [-0.15, -0.1) is 23.8 Å². The van der Waals surface area contributed by atoms with Crippen molar-refractivity contribution in [1.82, 2.24) is 9.97 Å². The van der Waals surface area contributed by atoms with Crippen LogP contribution in [-0.4, -0.2) is 23.2 Å². The van der Waals surface area contributed by atoms with Crippen LogP contribution < -0.4 is 4.40 Å². The number of fused-ring (bicyclic) bond motifs is 3. The normalized spacial score (nSPS) is 11.9. The zero-order chi connectivity index (χ0) is 33.3. The molecule has 1 radical (unpaired) electrons. The van der Waals surface area contributed by atoms with E-state index in [0.29, 0.717) is 0 Å². The molecule has 0 unspecified atom stereocenters. The van der Waals surface area contributed by atoms with Crippen LogP contribution in [0.15, 0.2) is 109 Å². The average molecular weight is 871 g/mol. The Morgan fingerprint density at radius 3 is 2.26 bits per heavy atom. The Kier molecular flexibility index (Phi) is 10.5. The van der Waals surface area contributed by atoms with Crippen molar-refractivity contribution >= 4 is 49.2 Å². The summed E-state index contributed by atoms with van der Waals surface area (Å²) in [5, 5.41) is 2.50. The first-order valence-electron chi connectivity index (χ1n) is 16.2. The van der Waals surface area contributed by atoms with E-state index in [1.807, 2.05) is 50.2 Å². The molecule has 0 aliphatic heterocycles. The second-order valence-electron chi connectivity index (χ2n) is 13.1. The molecule has 0 atom stereocenters. The van der Waals surface area contributed by atoms with Crippen LogP contribution in [0.5, 0.6) is 0 Å². The number of pyridine rings is 2. The van der Waals surface area contributed by atoms with Crippen molar-refractivity contribution in [3.63, 3.8) is 0 Å². The Morgan fingerprint density at radius 2 is 1.55 bits per heavy atom. The predicted octanol–water partition coefficient (Wildman–Crippen LogP) is 11.4. The third-order valence-corrected chi connectivity index (χ3v) is 14.1. The molecule has 0 spiro atoms. The third kappa shape index (κ3) is 7.68. The third-order valence-electron chi connectivity index (χ3n) is 8.39. The van der Waals surface area contributed by atoms with Crippen molar-refractivity contribution in [3.05, 3.63) is 138 Å². The maximum atomic E-state index is 8.37. The number of thiophene rings is 1. The van der Waals surface area contributed by atoms with Crippen molar-refractivity contribution in [2.45, 2.75) is 50.9 Å². The number of nitrogens with zero attached hydrogens (tertiary/aromatic N) is 2. The molecule has 239 valence electrons. The Balaban J connectivity index is 0.000000214. The summed E-state index contributed by atoms with van der Waals surface area (Å²) in [4.78, 5) is 9.20. The first-order valence-corrected chi connectivity index (χ1v) is 23.9. The summed E-state index contributed by atoms with van der Waals surface area (Å²) in [7, 11) is 0. The van der Waals surface area contributed by atoms with Crippen molar-refractivity contribution in [2.75, 3.05) is 0 Å².